The maximum Gasteiger partial charge on any atom is 0.282 e. The van der Waals surface area contributed by atoms with E-state index in [1.54, 1.807) is 4.90 Å². The molecule has 2 aliphatic rings. The van der Waals surface area contributed by atoms with E-state index in [4.69, 9.17) is 0 Å². The van der Waals surface area contributed by atoms with E-state index in [1.165, 1.54) is 10.5 Å². The van der Waals surface area contributed by atoms with E-state index in [-0.39, 0.29) is 23.5 Å². The van der Waals surface area contributed by atoms with Gasteiger partial charge in [-0.1, -0.05) is 48.5 Å². The molecule has 1 atom stereocenters. The molecule has 2 fully saturated rings. The maximum absolute atomic E-state index is 13.3. The summed E-state index contributed by atoms with van der Waals surface area (Å²) in [4.78, 5) is 16.4. The van der Waals surface area contributed by atoms with Crippen molar-refractivity contribution in [2.75, 3.05) is 36.0 Å². The van der Waals surface area contributed by atoms with Gasteiger partial charge in [-0.05, 0) is 49.3 Å². The Balaban J connectivity index is 1.37. The van der Waals surface area contributed by atoms with Crippen molar-refractivity contribution in [2.24, 2.45) is 5.92 Å². The van der Waals surface area contributed by atoms with Crippen LogP contribution in [0.25, 0.3) is 0 Å². The molecule has 1 N–H and O–H groups in total. The number of nitrogens with one attached hydrogen (secondary N) is 1. The van der Waals surface area contributed by atoms with Crippen molar-refractivity contribution < 1.29 is 18.1 Å². The van der Waals surface area contributed by atoms with Crippen molar-refractivity contribution in [3.63, 3.8) is 0 Å². The highest BCUT2D eigenvalue weighted by Gasteiger charge is 2.37. The summed E-state index contributed by atoms with van der Waals surface area (Å²) in [6.45, 7) is 2.42. The predicted molar refractivity (Wildman–Crippen MR) is 119 cm³/mol. The Hall–Kier alpha value is -2.18. The van der Waals surface area contributed by atoms with Crippen LogP contribution in [0.15, 0.2) is 60.7 Å². The van der Waals surface area contributed by atoms with Gasteiger partial charge in [-0.2, -0.15) is 0 Å². The van der Waals surface area contributed by atoms with Gasteiger partial charge in [0.25, 0.3) is 5.91 Å². The second-order valence-corrected chi connectivity index (χ2v) is 10.9. The van der Waals surface area contributed by atoms with Crippen LogP contribution in [0.3, 0.4) is 0 Å². The average molecular weight is 428 g/mol. The highest BCUT2D eigenvalue weighted by atomic mass is 32.2. The van der Waals surface area contributed by atoms with Crippen molar-refractivity contribution in [1.29, 1.82) is 0 Å². The van der Waals surface area contributed by atoms with Crippen LogP contribution in [-0.4, -0.2) is 51.5 Å². The standard InChI is InChI=1S/C24H30N2O3S/c27-24(18-25-14-11-21(12-15-25)17-20-7-3-1-4-8-20)26(22-9-5-2-6-10-22)23-13-16-30(28,29)19-23/h1-10,21,23H,11-19H2/p+1/t23-/m0/s1. The van der Waals surface area contributed by atoms with Gasteiger partial charge in [0.15, 0.2) is 16.4 Å². The molecule has 4 rings (SSSR count). The largest absolute Gasteiger partial charge is 0.327 e. The van der Waals surface area contributed by atoms with E-state index >= 15 is 0 Å². The zero-order valence-electron chi connectivity index (χ0n) is 17.4. The van der Waals surface area contributed by atoms with E-state index < -0.39 is 9.84 Å². The zero-order valence-corrected chi connectivity index (χ0v) is 18.2. The van der Waals surface area contributed by atoms with Crippen LogP contribution in [-0.2, 0) is 21.1 Å². The number of hydrogen-bond donors (Lipinski definition) is 1. The summed E-state index contributed by atoms with van der Waals surface area (Å²) in [6, 6.07) is 19.9. The molecule has 2 heterocycles. The van der Waals surface area contributed by atoms with Crippen molar-refractivity contribution >= 4 is 21.4 Å². The molecule has 0 spiro atoms. The number of amides is 1. The molecule has 1 amide bonds. The Labute approximate surface area is 179 Å². The van der Waals surface area contributed by atoms with Crippen LogP contribution < -0.4 is 9.80 Å². The number of benzene rings is 2. The number of rotatable bonds is 6. The minimum absolute atomic E-state index is 0.0415. The number of carbonyl (C=O) groups excluding carboxylic acids is 1. The number of likely N-dealkylation sites (tertiary alicyclic amines) is 1. The van der Waals surface area contributed by atoms with Gasteiger partial charge < -0.3 is 9.80 Å². The van der Waals surface area contributed by atoms with Gasteiger partial charge in [-0.3, -0.25) is 4.79 Å². The number of hydrogen-bond acceptors (Lipinski definition) is 3. The number of quaternary nitrogens is 1. The Kier molecular flexibility index (Phi) is 6.54. The van der Waals surface area contributed by atoms with Crippen LogP contribution in [0.1, 0.15) is 24.8 Å². The molecule has 0 unspecified atom stereocenters. The van der Waals surface area contributed by atoms with Gasteiger partial charge in [0.1, 0.15) is 0 Å². The lowest BCUT2D eigenvalue weighted by Gasteiger charge is -2.33. The van der Waals surface area contributed by atoms with Gasteiger partial charge in [0, 0.05) is 5.69 Å². The zero-order chi connectivity index (χ0) is 21.0. The number of piperidine rings is 1. The number of para-hydroxylation sites is 1. The summed E-state index contributed by atoms with van der Waals surface area (Å²) in [5.41, 5.74) is 2.20. The smallest absolute Gasteiger partial charge is 0.282 e. The highest BCUT2D eigenvalue weighted by molar-refractivity contribution is 7.91. The molecule has 2 saturated heterocycles. The second kappa shape index (κ2) is 9.31. The molecule has 0 saturated carbocycles. The summed E-state index contributed by atoms with van der Waals surface area (Å²) in [7, 11) is -3.05. The van der Waals surface area contributed by atoms with Gasteiger partial charge in [0.05, 0.1) is 30.6 Å². The summed E-state index contributed by atoms with van der Waals surface area (Å²) in [6.07, 6.45) is 3.89. The molecule has 0 radical (unpaired) electrons. The quantitative estimate of drug-likeness (QED) is 0.764. The summed E-state index contributed by atoms with van der Waals surface area (Å²) in [5.74, 6) is 0.963. The first kappa shape index (κ1) is 21.1. The molecule has 6 heteroatoms. The second-order valence-electron chi connectivity index (χ2n) is 8.72. The molecule has 2 aliphatic heterocycles. The molecule has 0 aromatic heterocycles. The van der Waals surface area contributed by atoms with E-state index in [0.717, 1.165) is 38.0 Å². The van der Waals surface area contributed by atoms with Gasteiger partial charge in [0.2, 0.25) is 0 Å². The first-order valence-corrected chi connectivity index (χ1v) is 12.8. The molecular formula is C24H31N2O3S+. The summed E-state index contributed by atoms with van der Waals surface area (Å²) in [5, 5.41) is 0. The average Bonchev–Trinajstić information content (AvgIpc) is 3.10. The normalized spacial score (nSPS) is 25.7. The lowest BCUT2D eigenvalue weighted by molar-refractivity contribution is -0.898. The lowest BCUT2D eigenvalue weighted by Crippen LogP contribution is -3.14. The minimum Gasteiger partial charge on any atom is -0.327 e. The molecular weight excluding hydrogens is 396 g/mol. The summed E-state index contributed by atoms with van der Waals surface area (Å²) >= 11 is 0. The number of carbonyl (C=O) groups is 1. The van der Waals surface area contributed by atoms with Gasteiger partial charge in [-0.25, -0.2) is 8.42 Å². The fourth-order valence-corrected chi connectivity index (χ4v) is 6.54. The van der Waals surface area contributed by atoms with Crippen molar-refractivity contribution in [2.45, 2.75) is 31.7 Å². The van der Waals surface area contributed by atoms with Crippen LogP contribution in [0.5, 0.6) is 0 Å². The summed E-state index contributed by atoms with van der Waals surface area (Å²) < 4.78 is 24.1. The Bertz CT molecular complexity index is 939. The van der Waals surface area contributed by atoms with Gasteiger partial charge in [-0.15, -0.1) is 0 Å². The monoisotopic (exact) mass is 427 g/mol. The van der Waals surface area contributed by atoms with E-state index in [9.17, 15) is 13.2 Å². The van der Waals surface area contributed by atoms with Crippen LogP contribution >= 0.6 is 0 Å². The third-order valence-corrected chi connectivity index (χ3v) is 8.21. The molecule has 2 aromatic rings. The first-order valence-electron chi connectivity index (χ1n) is 11.0. The van der Waals surface area contributed by atoms with E-state index in [0.29, 0.717) is 18.9 Å². The molecule has 0 bridgehead atoms. The first-order chi connectivity index (χ1) is 14.5. The molecule has 30 heavy (non-hydrogen) atoms. The van der Waals surface area contributed by atoms with Crippen LogP contribution in [0.4, 0.5) is 5.69 Å². The molecule has 5 nitrogen and oxygen atoms in total. The van der Waals surface area contributed by atoms with Crippen molar-refractivity contribution in [1.82, 2.24) is 0 Å². The Morgan fingerprint density at radius 3 is 2.17 bits per heavy atom. The fraction of sp³-hybridized carbons (Fsp3) is 0.458. The molecule has 160 valence electrons. The third-order valence-electron chi connectivity index (χ3n) is 6.46. The van der Waals surface area contributed by atoms with Crippen molar-refractivity contribution in [3.05, 3.63) is 66.2 Å². The van der Waals surface area contributed by atoms with E-state index in [2.05, 4.69) is 30.3 Å². The van der Waals surface area contributed by atoms with E-state index in [1.807, 2.05) is 30.3 Å². The van der Waals surface area contributed by atoms with Crippen molar-refractivity contribution in [3.8, 4) is 0 Å². The molecule has 0 aliphatic carbocycles. The Morgan fingerprint density at radius 2 is 1.57 bits per heavy atom. The maximum atomic E-state index is 13.3. The number of anilines is 1. The van der Waals surface area contributed by atoms with Crippen LogP contribution in [0.2, 0.25) is 0 Å². The predicted octanol–water partition coefficient (Wildman–Crippen LogP) is 1.74. The van der Waals surface area contributed by atoms with Crippen LogP contribution in [0, 0.1) is 5.92 Å². The third kappa shape index (κ3) is 5.29. The topological polar surface area (TPSA) is 58.9 Å². The Morgan fingerprint density at radius 1 is 0.933 bits per heavy atom. The fourth-order valence-electron chi connectivity index (χ4n) is 4.84. The highest BCUT2D eigenvalue weighted by Crippen LogP contribution is 2.24. The minimum atomic E-state index is -3.05. The molecule has 2 aromatic carbocycles. The SMILES string of the molecule is O=C(C[NH+]1CCC(Cc2ccccc2)CC1)N(c1ccccc1)[C@H]1CCS(=O)(=O)C1. The van der Waals surface area contributed by atoms with Gasteiger partial charge >= 0.3 is 0 Å². The lowest BCUT2D eigenvalue weighted by atomic mass is 9.90. The number of nitrogens with zero attached hydrogens (tertiary/aromatic N) is 1. The number of sulfone groups is 1.